The molecule has 1 aromatic rings. The average Bonchev–Trinajstić information content (AvgIpc) is 2.30. The molecule has 0 aliphatic rings. The summed E-state index contributed by atoms with van der Waals surface area (Å²) in [5, 5.41) is 22.3. The number of carbonyl (C=O) groups is 2. The van der Waals surface area contributed by atoms with Gasteiger partial charge in [-0.05, 0) is 18.6 Å². The van der Waals surface area contributed by atoms with E-state index >= 15 is 0 Å². The molecule has 1 rings (SSSR count). The van der Waals surface area contributed by atoms with Crippen LogP contribution in [0, 0.1) is 6.92 Å². The number of aliphatic hydroxyl groups is 1. The number of nitrogens with one attached hydrogen (secondary N) is 2. The van der Waals surface area contributed by atoms with Crippen LogP contribution in [0.1, 0.15) is 5.56 Å². The minimum atomic E-state index is -1.35. The Balaban J connectivity index is 2.73. The van der Waals surface area contributed by atoms with Crippen LogP contribution in [0.5, 0.6) is 0 Å². The van der Waals surface area contributed by atoms with Crippen LogP contribution >= 0.6 is 11.6 Å². The van der Waals surface area contributed by atoms with E-state index in [4.69, 9.17) is 21.8 Å². The monoisotopic (exact) mass is 272 g/mol. The SMILES string of the molecule is Cc1cccc(Cl)c1NC(=O)N[C@H](CO)C(=O)O. The fourth-order valence-corrected chi connectivity index (χ4v) is 1.55. The van der Waals surface area contributed by atoms with Gasteiger partial charge in [-0.15, -0.1) is 0 Å². The van der Waals surface area contributed by atoms with Crippen molar-refractivity contribution in [2.75, 3.05) is 11.9 Å². The molecule has 0 aliphatic carbocycles. The highest BCUT2D eigenvalue weighted by atomic mass is 35.5. The lowest BCUT2D eigenvalue weighted by Crippen LogP contribution is -2.45. The maximum absolute atomic E-state index is 11.5. The second-order valence-corrected chi connectivity index (χ2v) is 4.01. The highest BCUT2D eigenvalue weighted by molar-refractivity contribution is 6.33. The number of rotatable bonds is 4. The Morgan fingerprint density at radius 2 is 2.11 bits per heavy atom. The van der Waals surface area contributed by atoms with Crippen molar-refractivity contribution in [3.63, 3.8) is 0 Å². The summed E-state index contributed by atoms with van der Waals surface area (Å²) in [6.07, 6.45) is 0. The zero-order chi connectivity index (χ0) is 13.7. The van der Waals surface area contributed by atoms with E-state index in [1.165, 1.54) is 0 Å². The Morgan fingerprint density at radius 3 is 2.61 bits per heavy atom. The van der Waals surface area contributed by atoms with Crippen molar-refractivity contribution in [2.45, 2.75) is 13.0 Å². The molecule has 18 heavy (non-hydrogen) atoms. The molecule has 0 spiro atoms. The average molecular weight is 273 g/mol. The molecule has 98 valence electrons. The van der Waals surface area contributed by atoms with E-state index in [1.54, 1.807) is 25.1 Å². The number of carbonyl (C=O) groups excluding carboxylic acids is 1. The van der Waals surface area contributed by atoms with E-state index in [0.717, 1.165) is 5.56 Å². The lowest BCUT2D eigenvalue weighted by atomic mass is 10.2. The lowest BCUT2D eigenvalue weighted by molar-refractivity contribution is -0.140. The first kappa shape index (κ1) is 14.3. The van der Waals surface area contributed by atoms with Gasteiger partial charge >= 0.3 is 12.0 Å². The van der Waals surface area contributed by atoms with E-state index in [1.807, 2.05) is 0 Å². The van der Waals surface area contributed by atoms with Gasteiger partial charge in [0.25, 0.3) is 0 Å². The molecule has 1 aromatic carbocycles. The number of amides is 2. The zero-order valence-corrected chi connectivity index (χ0v) is 10.4. The van der Waals surface area contributed by atoms with Crippen molar-refractivity contribution in [1.82, 2.24) is 5.32 Å². The Kier molecular flexibility index (Phi) is 4.94. The smallest absolute Gasteiger partial charge is 0.328 e. The van der Waals surface area contributed by atoms with Crippen molar-refractivity contribution < 1.29 is 19.8 Å². The fourth-order valence-electron chi connectivity index (χ4n) is 1.28. The predicted molar refractivity (Wildman–Crippen MR) is 66.9 cm³/mol. The van der Waals surface area contributed by atoms with Gasteiger partial charge in [-0.3, -0.25) is 0 Å². The van der Waals surface area contributed by atoms with Gasteiger partial charge < -0.3 is 20.8 Å². The normalized spacial score (nSPS) is 11.7. The van der Waals surface area contributed by atoms with E-state index < -0.39 is 24.6 Å². The third kappa shape index (κ3) is 3.61. The molecule has 6 nitrogen and oxygen atoms in total. The quantitative estimate of drug-likeness (QED) is 0.662. The van der Waals surface area contributed by atoms with Crippen molar-refractivity contribution in [1.29, 1.82) is 0 Å². The topological polar surface area (TPSA) is 98.7 Å². The van der Waals surface area contributed by atoms with Gasteiger partial charge in [-0.25, -0.2) is 9.59 Å². The predicted octanol–water partition coefficient (Wildman–Crippen LogP) is 1.22. The molecule has 4 N–H and O–H groups in total. The Morgan fingerprint density at radius 1 is 1.44 bits per heavy atom. The molecule has 0 saturated carbocycles. The van der Waals surface area contributed by atoms with E-state index in [2.05, 4.69) is 10.6 Å². The highest BCUT2D eigenvalue weighted by Gasteiger charge is 2.19. The molecular formula is C11H13ClN2O4. The molecule has 0 heterocycles. The number of benzene rings is 1. The molecule has 0 unspecified atom stereocenters. The Bertz CT molecular complexity index is 444. The summed E-state index contributed by atoms with van der Waals surface area (Å²) in [6.45, 7) is 1.06. The van der Waals surface area contributed by atoms with Crippen LogP contribution in [-0.4, -0.2) is 34.9 Å². The van der Waals surface area contributed by atoms with Crippen LogP contribution in [0.4, 0.5) is 10.5 Å². The molecule has 0 bridgehead atoms. The first-order chi connectivity index (χ1) is 8.45. The molecule has 0 radical (unpaired) electrons. The Hall–Kier alpha value is -1.79. The molecule has 2 amide bonds. The van der Waals surface area contributed by atoms with Crippen LogP contribution in [0.2, 0.25) is 5.02 Å². The summed E-state index contributed by atoms with van der Waals surface area (Å²) in [7, 11) is 0. The number of carboxylic acid groups (broad SMARTS) is 1. The largest absolute Gasteiger partial charge is 0.480 e. The Labute approximate surface area is 109 Å². The van der Waals surface area contributed by atoms with Crippen LogP contribution in [-0.2, 0) is 4.79 Å². The van der Waals surface area contributed by atoms with Gasteiger partial charge in [-0.1, -0.05) is 23.7 Å². The van der Waals surface area contributed by atoms with Gasteiger partial charge in [0.15, 0.2) is 6.04 Å². The molecule has 0 fully saturated rings. The number of halogens is 1. The second-order valence-electron chi connectivity index (χ2n) is 3.60. The van der Waals surface area contributed by atoms with E-state index in [0.29, 0.717) is 10.7 Å². The molecular weight excluding hydrogens is 260 g/mol. The summed E-state index contributed by atoms with van der Waals surface area (Å²) in [5.41, 5.74) is 1.15. The first-order valence-electron chi connectivity index (χ1n) is 5.12. The molecule has 0 aromatic heterocycles. The minimum Gasteiger partial charge on any atom is -0.480 e. The summed E-state index contributed by atoms with van der Waals surface area (Å²) in [6, 6.07) is 2.99. The number of carboxylic acids is 1. The van der Waals surface area contributed by atoms with Gasteiger partial charge in [0.1, 0.15) is 0 Å². The number of urea groups is 1. The van der Waals surface area contributed by atoms with E-state index in [-0.39, 0.29) is 0 Å². The maximum atomic E-state index is 11.5. The maximum Gasteiger partial charge on any atom is 0.328 e. The van der Waals surface area contributed by atoms with E-state index in [9.17, 15) is 9.59 Å². The number of para-hydroxylation sites is 1. The number of hydrogen-bond acceptors (Lipinski definition) is 3. The van der Waals surface area contributed by atoms with Crippen molar-refractivity contribution in [3.8, 4) is 0 Å². The lowest BCUT2D eigenvalue weighted by Gasteiger charge is -2.14. The van der Waals surface area contributed by atoms with Crippen molar-refractivity contribution in [3.05, 3.63) is 28.8 Å². The minimum absolute atomic E-state index is 0.348. The number of hydrogen-bond donors (Lipinski definition) is 4. The zero-order valence-electron chi connectivity index (χ0n) is 9.61. The van der Waals surface area contributed by atoms with Crippen LogP contribution in [0.15, 0.2) is 18.2 Å². The van der Waals surface area contributed by atoms with Gasteiger partial charge in [0.2, 0.25) is 0 Å². The van der Waals surface area contributed by atoms with Gasteiger partial charge in [-0.2, -0.15) is 0 Å². The molecule has 0 aliphatic heterocycles. The second kappa shape index (κ2) is 6.23. The standard InChI is InChI=1S/C11H13ClN2O4/c1-6-3-2-4-7(12)9(6)14-11(18)13-8(5-15)10(16)17/h2-4,8,15H,5H2,1H3,(H,16,17)(H2,13,14,18)/t8-/m1/s1. The number of aliphatic carboxylic acids is 1. The molecule has 0 saturated heterocycles. The highest BCUT2D eigenvalue weighted by Crippen LogP contribution is 2.24. The summed E-state index contributed by atoms with van der Waals surface area (Å²) >= 11 is 5.90. The first-order valence-corrected chi connectivity index (χ1v) is 5.49. The summed E-state index contributed by atoms with van der Waals surface area (Å²) < 4.78 is 0. The van der Waals surface area contributed by atoms with Gasteiger partial charge in [0, 0.05) is 0 Å². The number of anilines is 1. The third-order valence-electron chi connectivity index (χ3n) is 2.25. The number of aliphatic hydroxyl groups excluding tert-OH is 1. The molecule has 7 heteroatoms. The van der Waals surface area contributed by atoms with Crippen LogP contribution < -0.4 is 10.6 Å². The fraction of sp³-hybridized carbons (Fsp3) is 0.273. The summed E-state index contributed by atoms with van der Waals surface area (Å²) in [5.74, 6) is -1.32. The van der Waals surface area contributed by atoms with Crippen LogP contribution in [0.3, 0.4) is 0 Å². The number of aryl methyl sites for hydroxylation is 1. The van der Waals surface area contributed by atoms with Crippen LogP contribution in [0.25, 0.3) is 0 Å². The van der Waals surface area contributed by atoms with Crippen molar-refractivity contribution in [2.24, 2.45) is 0 Å². The van der Waals surface area contributed by atoms with Crippen molar-refractivity contribution >= 4 is 29.3 Å². The third-order valence-corrected chi connectivity index (χ3v) is 2.56. The summed E-state index contributed by atoms with van der Waals surface area (Å²) in [4.78, 5) is 22.2. The molecule has 1 atom stereocenters. The van der Waals surface area contributed by atoms with Gasteiger partial charge in [0.05, 0.1) is 17.3 Å².